The third kappa shape index (κ3) is 4.18. The van der Waals surface area contributed by atoms with Crippen molar-refractivity contribution in [2.24, 2.45) is 0 Å². The SMILES string of the molecule is Nc1nc(NCCOc2ncccc2C(F)(F)F)ncc1[N+](=O)[O-]. The minimum atomic E-state index is -4.58. The van der Waals surface area contributed by atoms with Crippen molar-refractivity contribution in [1.82, 2.24) is 15.0 Å². The van der Waals surface area contributed by atoms with Crippen LogP contribution < -0.4 is 15.8 Å². The Balaban J connectivity index is 1.92. The van der Waals surface area contributed by atoms with Gasteiger partial charge in [0.05, 0.1) is 11.5 Å². The number of alkyl halides is 3. The second-order valence-electron chi connectivity index (χ2n) is 4.35. The Morgan fingerprint density at radius 1 is 1.38 bits per heavy atom. The molecule has 3 N–H and O–H groups in total. The molecule has 0 aliphatic carbocycles. The van der Waals surface area contributed by atoms with Crippen molar-refractivity contribution in [2.75, 3.05) is 24.2 Å². The first kappa shape index (κ1) is 17.2. The van der Waals surface area contributed by atoms with E-state index in [-0.39, 0.29) is 24.9 Å². The fourth-order valence-corrected chi connectivity index (χ4v) is 1.65. The van der Waals surface area contributed by atoms with Crippen LogP contribution in [0.2, 0.25) is 0 Å². The molecule has 0 saturated heterocycles. The van der Waals surface area contributed by atoms with Crippen molar-refractivity contribution in [1.29, 1.82) is 0 Å². The fraction of sp³-hybridized carbons (Fsp3) is 0.250. The molecular weight excluding hydrogens is 333 g/mol. The van der Waals surface area contributed by atoms with Crippen LogP contribution in [0.4, 0.5) is 30.6 Å². The van der Waals surface area contributed by atoms with Gasteiger partial charge in [0.2, 0.25) is 17.6 Å². The molecule has 0 fully saturated rings. The molecule has 0 amide bonds. The topological polar surface area (TPSA) is 129 Å². The van der Waals surface area contributed by atoms with Crippen LogP contribution >= 0.6 is 0 Å². The predicted molar refractivity (Wildman–Crippen MR) is 76.3 cm³/mol. The smallest absolute Gasteiger partial charge is 0.421 e. The highest BCUT2D eigenvalue weighted by atomic mass is 19.4. The van der Waals surface area contributed by atoms with Gasteiger partial charge in [-0.1, -0.05) is 0 Å². The summed E-state index contributed by atoms with van der Waals surface area (Å²) in [7, 11) is 0. The monoisotopic (exact) mass is 344 g/mol. The van der Waals surface area contributed by atoms with Gasteiger partial charge >= 0.3 is 11.9 Å². The van der Waals surface area contributed by atoms with Crippen molar-refractivity contribution in [3.05, 3.63) is 40.2 Å². The molecule has 0 radical (unpaired) electrons. The maximum absolute atomic E-state index is 12.7. The van der Waals surface area contributed by atoms with E-state index in [1.54, 1.807) is 0 Å². The number of aromatic nitrogens is 3. The molecule has 0 aliphatic heterocycles. The molecule has 9 nitrogen and oxygen atoms in total. The highest BCUT2D eigenvalue weighted by molar-refractivity contribution is 5.53. The molecule has 0 bridgehead atoms. The average molecular weight is 344 g/mol. The van der Waals surface area contributed by atoms with E-state index < -0.39 is 28.2 Å². The molecule has 12 heteroatoms. The Morgan fingerprint density at radius 2 is 2.12 bits per heavy atom. The average Bonchev–Trinajstić information content (AvgIpc) is 2.50. The normalized spacial score (nSPS) is 11.1. The molecule has 0 spiro atoms. The third-order valence-electron chi connectivity index (χ3n) is 2.70. The lowest BCUT2D eigenvalue weighted by Crippen LogP contribution is -2.16. The van der Waals surface area contributed by atoms with Gasteiger partial charge in [-0.15, -0.1) is 0 Å². The molecule has 2 aromatic rings. The van der Waals surface area contributed by atoms with Gasteiger partial charge < -0.3 is 15.8 Å². The largest absolute Gasteiger partial charge is 0.475 e. The van der Waals surface area contributed by atoms with E-state index in [1.165, 1.54) is 6.20 Å². The molecule has 24 heavy (non-hydrogen) atoms. The first-order chi connectivity index (χ1) is 11.3. The Kier molecular flexibility index (Phi) is 4.96. The number of pyridine rings is 1. The van der Waals surface area contributed by atoms with E-state index in [9.17, 15) is 23.3 Å². The number of nitrogens with two attached hydrogens (primary N) is 1. The fourth-order valence-electron chi connectivity index (χ4n) is 1.65. The van der Waals surface area contributed by atoms with Crippen LogP contribution in [0, 0.1) is 10.1 Å². The second-order valence-corrected chi connectivity index (χ2v) is 4.35. The van der Waals surface area contributed by atoms with Crippen LogP contribution in [0.3, 0.4) is 0 Å². The van der Waals surface area contributed by atoms with Gasteiger partial charge in [0, 0.05) is 6.20 Å². The molecule has 2 rings (SSSR count). The molecule has 0 aromatic carbocycles. The van der Waals surface area contributed by atoms with Gasteiger partial charge in [-0.3, -0.25) is 10.1 Å². The van der Waals surface area contributed by atoms with E-state index in [4.69, 9.17) is 10.5 Å². The van der Waals surface area contributed by atoms with Crippen molar-refractivity contribution >= 4 is 17.5 Å². The van der Waals surface area contributed by atoms with Gasteiger partial charge in [0.15, 0.2) is 0 Å². The number of nitro groups is 1. The number of halogens is 3. The molecule has 0 unspecified atom stereocenters. The molecular formula is C12H11F3N6O3. The Hall–Kier alpha value is -3.18. The molecule has 128 valence electrons. The van der Waals surface area contributed by atoms with E-state index in [0.29, 0.717) is 0 Å². The van der Waals surface area contributed by atoms with Crippen molar-refractivity contribution in [3.8, 4) is 5.88 Å². The van der Waals surface area contributed by atoms with Gasteiger partial charge in [0.25, 0.3) is 0 Å². The number of nitrogens with zero attached hydrogens (tertiary/aromatic N) is 4. The quantitative estimate of drug-likeness (QED) is 0.461. The maximum atomic E-state index is 12.7. The van der Waals surface area contributed by atoms with E-state index in [0.717, 1.165) is 18.3 Å². The van der Waals surface area contributed by atoms with Crippen molar-refractivity contribution < 1.29 is 22.8 Å². The minimum absolute atomic E-state index is 0.0150. The predicted octanol–water partition coefficient (Wildman–Crippen LogP) is 1.87. The van der Waals surface area contributed by atoms with Gasteiger partial charge in [0.1, 0.15) is 18.4 Å². The second kappa shape index (κ2) is 6.93. The Labute approximate surface area is 132 Å². The van der Waals surface area contributed by atoms with Gasteiger partial charge in [-0.25, -0.2) is 9.97 Å². The third-order valence-corrected chi connectivity index (χ3v) is 2.70. The van der Waals surface area contributed by atoms with Crippen LogP contribution in [0.25, 0.3) is 0 Å². The summed E-state index contributed by atoms with van der Waals surface area (Å²) in [5.41, 5.74) is 3.96. The maximum Gasteiger partial charge on any atom is 0.421 e. The molecule has 0 aliphatic rings. The number of ether oxygens (including phenoxy) is 1. The first-order valence-electron chi connectivity index (χ1n) is 6.45. The number of hydrogen-bond acceptors (Lipinski definition) is 8. The van der Waals surface area contributed by atoms with Gasteiger partial charge in [-0.05, 0) is 12.1 Å². The van der Waals surface area contributed by atoms with Crippen LogP contribution in [0.1, 0.15) is 5.56 Å². The summed E-state index contributed by atoms with van der Waals surface area (Å²) in [5, 5.41) is 13.2. The summed E-state index contributed by atoms with van der Waals surface area (Å²) >= 11 is 0. The summed E-state index contributed by atoms with van der Waals surface area (Å²) < 4.78 is 43.2. The Bertz CT molecular complexity index is 740. The van der Waals surface area contributed by atoms with Crippen LogP contribution in [0.15, 0.2) is 24.5 Å². The van der Waals surface area contributed by atoms with Crippen molar-refractivity contribution in [3.63, 3.8) is 0 Å². The van der Waals surface area contributed by atoms with Gasteiger partial charge in [-0.2, -0.15) is 18.2 Å². The highest BCUT2D eigenvalue weighted by Crippen LogP contribution is 2.34. The summed E-state index contributed by atoms with van der Waals surface area (Å²) in [6.07, 6.45) is -2.48. The highest BCUT2D eigenvalue weighted by Gasteiger charge is 2.34. The molecule has 2 heterocycles. The van der Waals surface area contributed by atoms with Crippen LogP contribution in [0.5, 0.6) is 5.88 Å². The lowest BCUT2D eigenvalue weighted by molar-refractivity contribution is -0.384. The molecule has 0 atom stereocenters. The number of hydrogen-bond donors (Lipinski definition) is 2. The summed E-state index contributed by atoms with van der Waals surface area (Å²) in [6.45, 7) is -0.133. The van der Waals surface area contributed by atoms with Crippen LogP contribution in [-0.4, -0.2) is 33.0 Å². The summed E-state index contributed by atoms with van der Waals surface area (Å²) in [5.74, 6) is -0.891. The lowest BCUT2D eigenvalue weighted by Gasteiger charge is -2.12. The molecule has 0 saturated carbocycles. The van der Waals surface area contributed by atoms with E-state index in [1.807, 2.05) is 0 Å². The summed E-state index contributed by atoms with van der Waals surface area (Å²) in [4.78, 5) is 20.7. The first-order valence-corrected chi connectivity index (χ1v) is 6.45. The summed E-state index contributed by atoms with van der Waals surface area (Å²) in [6, 6.07) is 2.01. The number of anilines is 2. The minimum Gasteiger partial charge on any atom is -0.475 e. The zero-order valence-electron chi connectivity index (χ0n) is 11.9. The zero-order chi connectivity index (χ0) is 17.7. The van der Waals surface area contributed by atoms with Crippen LogP contribution in [-0.2, 0) is 6.18 Å². The van der Waals surface area contributed by atoms with E-state index >= 15 is 0 Å². The van der Waals surface area contributed by atoms with E-state index in [2.05, 4.69) is 20.3 Å². The molecule has 2 aromatic heterocycles. The standard InChI is InChI=1S/C12H11F3N6O3/c13-12(14,15)7-2-1-3-17-10(7)24-5-4-18-11-19-6-8(21(22)23)9(16)20-11/h1-3,6H,4-5H2,(H3,16,18,19,20). The lowest BCUT2D eigenvalue weighted by atomic mass is 10.2. The zero-order valence-corrected chi connectivity index (χ0v) is 11.9. The number of nitrogen functional groups attached to an aromatic ring is 1. The number of nitrogens with one attached hydrogen (secondary N) is 1. The van der Waals surface area contributed by atoms with Crippen molar-refractivity contribution in [2.45, 2.75) is 6.18 Å². The number of rotatable bonds is 6. The Morgan fingerprint density at radius 3 is 2.75 bits per heavy atom.